The number of aryl methyl sites for hydroxylation is 3. The number of anilines is 1. The Balaban J connectivity index is 1.46. The normalized spacial score (nSPS) is 11.9. The number of alkyl halides is 1. The first kappa shape index (κ1) is 35.2. The molecule has 8 bridgehead atoms. The highest BCUT2D eigenvalue weighted by Crippen LogP contribution is 2.40. The van der Waals surface area contributed by atoms with Crippen molar-refractivity contribution < 1.29 is 4.79 Å². The summed E-state index contributed by atoms with van der Waals surface area (Å²) in [6.45, 7) is 6.31. The molecule has 0 spiro atoms. The van der Waals surface area contributed by atoms with E-state index in [0.29, 0.717) is 5.69 Å². The molecule has 0 saturated heterocycles. The maximum Gasteiger partial charge on any atom is 0.235 e. The van der Waals surface area contributed by atoms with Crippen molar-refractivity contribution >= 4 is 73.9 Å². The lowest BCUT2D eigenvalue weighted by Gasteiger charge is -2.12. The molecule has 0 saturated carbocycles. The summed E-state index contributed by atoms with van der Waals surface area (Å²) in [4.78, 5) is 31.2. The van der Waals surface area contributed by atoms with E-state index in [9.17, 15) is 4.79 Å². The summed E-state index contributed by atoms with van der Waals surface area (Å²) < 4.78 is 0. The monoisotopic (exact) mass is 791 g/mol. The van der Waals surface area contributed by atoms with Crippen LogP contribution in [0.1, 0.15) is 39.5 Å². The van der Waals surface area contributed by atoms with Crippen molar-refractivity contribution in [3.05, 3.63) is 161 Å². The van der Waals surface area contributed by atoms with Crippen LogP contribution < -0.4 is 5.32 Å². The van der Waals surface area contributed by atoms with Crippen LogP contribution in [0, 0.1) is 20.8 Å². The molecule has 5 heterocycles. The van der Waals surface area contributed by atoms with Crippen molar-refractivity contribution in [3.8, 4) is 44.5 Å². The van der Waals surface area contributed by atoms with Crippen LogP contribution in [-0.4, -0.2) is 31.2 Å². The fourth-order valence-corrected chi connectivity index (χ4v) is 7.69. The lowest BCUT2D eigenvalue weighted by atomic mass is 10.0. The standard InChI is InChI=1S/C49H38BrN5O/c1-29-8-14-32(15-9-29)46-37-20-22-39(51-37)47(33-16-10-30(2)11-17-33)41-24-26-43(53-41)49(35-6-4-5-7-36(35)55-45(56)28-50)44-27-25-42(54-44)48(40-23-21-38(46)52-40)34-18-12-31(3)13-19-34/h4-27,51,54H,28H2,1-3H3,(H,55,56). The van der Waals surface area contributed by atoms with Gasteiger partial charge < -0.3 is 15.3 Å². The summed E-state index contributed by atoms with van der Waals surface area (Å²) in [5, 5.41) is 3.29. The molecule has 0 atom stereocenters. The van der Waals surface area contributed by atoms with Gasteiger partial charge in [-0.1, -0.05) is 124 Å². The number of benzene rings is 4. The molecule has 4 aromatic carbocycles. The highest BCUT2D eigenvalue weighted by molar-refractivity contribution is 9.09. The predicted octanol–water partition coefficient (Wildman–Crippen LogP) is 12.6. The maximum atomic E-state index is 12.8. The molecule has 2 aliphatic heterocycles. The second-order valence-electron chi connectivity index (χ2n) is 14.3. The zero-order chi connectivity index (χ0) is 38.3. The van der Waals surface area contributed by atoms with Gasteiger partial charge in [0, 0.05) is 55.6 Å². The van der Waals surface area contributed by atoms with Crippen LogP contribution >= 0.6 is 15.9 Å². The molecule has 56 heavy (non-hydrogen) atoms. The molecule has 1 amide bonds. The fourth-order valence-electron chi connectivity index (χ4n) is 7.55. The largest absolute Gasteiger partial charge is 0.354 e. The van der Waals surface area contributed by atoms with E-state index in [1.807, 2.05) is 24.3 Å². The summed E-state index contributed by atoms with van der Waals surface area (Å²) in [6.07, 6.45) is 8.40. The number of carbonyl (C=O) groups is 1. The molecule has 6 nitrogen and oxygen atoms in total. The van der Waals surface area contributed by atoms with Crippen molar-refractivity contribution in [1.29, 1.82) is 0 Å². The number of rotatable bonds is 6. The molecule has 7 aromatic rings. The van der Waals surface area contributed by atoms with Gasteiger partial charge in [0.1, 0.15) is 0 Å². The Morgan fingerprint density at radius 3 is 1.25 bits per heavy atom. The molecule has 272 valence electrons. The number of aromatic amines is 2. The topological polar surface area (TPSA) is 86.5 Å². The van der Waals surface area contributed by atoms with E-state index in [1.54, 1.807) is 0 Å². The Morgan fingerprint density at radius 1 is 0.500 bits per heavy atom. The molecule has 3 N–H and O–H groups in total. The second kappa shape index (κ2) is 14.6. The Bertz CT molecular complexity index is 2850. The van der Waals surface area contributed by atoms with Crippen molar-refractivity contribution in [2.45, 2.75) is 20.8 Å². The zero-order valence-corrected chi connectivity index (χ0v) is 32.8. The number of aromatic nitrogens is 4. The van der Waals surface area contributed by atoms with Gasteiger partial charge in [0.2, 0.25) is 5.91 Å². The highest BCUT2D eigenvalue weighted by Gasteiger charge is 2.20. The first-order chi connectivity index (χ1) is 27.3. The van der Waals surface area contributed by atoms with Crippen LogP contribution in [0.25, 0.3) is 90.9 Å². The Hall–Kier alpha value is -6.57. The van der Waals surface area contributed by atoms with E-state index in [-0.39, 0.29) is 11.2 Å². The SMILES string of the molecule is Cc1ccc(-c2c3nc(c(-c4ccc(C)cc4)c4ccc([nH]4)c(-c4ccccc4NC(=O)CBr)c4nc(c(-c5ccc(C)cc5)c5ccc2[nH]5)C=C4)C=C3)cc1. The van der Waals surface area contributed by atoms with E-state index in [0.717, 1.165) is 89.4 Å². The van der Waals surface area contributed by atoms with Crippen molar-refractivity contribution in [3.63, 3.8) is 0 Å². The number of halogens is 1. The summed E-state index contributed by atoms with van der Waals surface area (Å²) in [7, 11) is 0. The summed E-state index contributed by atoms with van der Waals surface area (Å²) >= 11 is 3.33. The van der Waals surface area contributed by atoms with Crippen LogP contribution in [-0.2, 0) is 4.79 Å². The molecule has 0 fully saturated rings. The molecule has 7 heteroatoms. The average molecular weight is 793 g/mol. The minimum atomic E-state index is -0.137. The Kier molecular flexibility index (Phi) is 9.15. The number of hydrogen-bond acceptors (Lipinski definition) is 3. The van der Waals surface area contributed by atoms with Gasteiger partial charge in [-0.05, 0) is 92.1 Å². The fraction of sp³-hybridized carbons (Fsp3) is 0.0816. The number of H-pyrrole nitrogens is 2. The van der Waals surface area contributed by atoms with Gasteiger partial charge in [-0.25, -0.2) is 9.97 Å². The van der Waals surface area contributed by atoms with E-state index in [1.165, 1.54) is 16.7 Å². The van der Waals surface area contributed by atoms with Gasteiger partial charge in [-0.2, -0.15) is 0 Å². The van der Waals surface area contributed by atoms with Gasteiger partial charge in [0.15, 0.2) is 0 Å². The Morgan fingerprint density at radius 2 is 0.857 bits per heavy atom. The second-order valence-corrected chi connectivity index (χ2v) is 14.9. The van der Waals surface area contributed by atoms with Gasteiger partial charge in [0.25, 0.3) is 0 Å². The number of carbonyl (C=O) groups excluding carboxylic acids is 1. The first-order valence-electron chi connectivity index (χ1n) is 18.7. The van der Waals surface area contributed by atoms with Crippen molar-refractivity contribution in [1.82, 2.24) is 19.9 Å². The van der Waals surface area contributed by atoms with Crippen molar-refractivity contribution in [2.24, 2.45) is 0 Å². The number of nitrogens with one attached hydrogen (secondary N) is 3. The van der Waals surface area contributed by atoms with Crippen molar-refractivity contribution in [2.75, 3.05) is 10.6 Å². The summed E-state index contributed by atoms with van der Waals surface area (Å²) in [5.41, 5.74) is 19.1. The molecule has 0 radical (unpaired) electrons. The number of nitrogens with zero attached hydrogens (tertiary/aromatic N) is 2. The summed E-state index contributed by atoms with van der Waals surface area (Å²) in [5.74, 6) is -0.137. The minimum Gasteiger partial charge on any atom is -0.354 e. The number of para-hydroxylation sites is 1. The molecule has 0 aliphatic carbocycles. The van der Waals surface area contributed by atoms with E-state index < -0.39 is 0 Å². The van der Waals surface area contributed by atoms with E-state index in [4.69, 9.17) is 9.97 Å². The number of amides is 1. The van der Waals surface area contributed by atoms with Gasteiger partial charge in [0.05, 0.1) is 28.1 Å². The molecular formula is C49H38BrN5O. The average Bonchev–Trinajstić information content (AvgIpc) is 4.05. The molecular weight excluding hydrogens is 754 g/mol. The maximum absolute atomic E-state index is 12.8. The van der Waals surface area contributed by atoms with Crippen LogP contribution in [0.5, 0.6) is 0 Å². The molecule has 9 rings (SSSR count). The third-order valence-corrected chi connectivity index (χ3v) is 10.9. The molecule has 2 aliphatic rings. The smallest absolute Gasteiger partial charge is 0.235 e. The van der Waals surface area contributed by atoms with Gasteiger partial charge in [-0.3, -0.25) is 4.79 Å². The van der Waals surface area contributed by atoms with Crippen LogP contribution in [0.15, 0.2) is 121 Å². The third kappa shape index (κ3) is 6.60. The third-order valence-electron chi connectivity index (χ3n) is 10.4. The van der Waals surface area contributed by atoms with E-state index >= 15 is 0 Å². The lowest BCUT2D eigenvalue weighted by Crippen LogP contribution is -2.13. The molecule has 3 aromatic heterocycles. The number of hydrogen-bond donors (Lipinski definition) is 3. The molecule has 0 unspecified atom stereocenters. The van der Waals surface area contributed by atoms with Crippen LogP contribution in [0.3, 0.4) is 0 Å². The Labute approximate surface area is 333 Å². The van der Waals surface area contributed by atoms with Gasteiger partial charge in [-0.15, -0.1) is 0 Å². The van der Waals surface area contributed by atoms with E-state index in [2.05, 4.69) is 173 Å². The lowest BCUT2D eigenvalue weighted by molar-refractivity contribution is -0.113. The predicted molar refractivity (Wildman–Crippen MR) is 237 cm³/mol. The first-order valence-corrected chi connectivity index (χ1v) is 19.8. The van der Waals surface area contributed by atoms with Gasteiger partial charge >= 0.3 is 0 Å². The highest BCUT2D eigenvalue weighted by atomic mass is 79.9. The minimum absolute atomic E-state index is 0.137. The zero-order valence-electron chi connectivity index (χ0n) is 31.2. The summed E-state index contributed by atoms with van der Waals surface area (Å²) in [6, 6.07) is 42.2. The quantitative estimate of drug-likeness (QED) is 0.147. The number of fused-ring (bicyclic) bond motifs is 8. The van der Waals surface area contributed by atoms with Crippen LogP contribution in [0.2, 0.25) is 0 Å². The van der Waals surface area contributed by atoms with Crippen LogP contribution in [0.4, 0.5) is 5.69 Å².